The number of carbonyl (C=O) groups is 1. The number of Topliss-reactive ketones (excluding diaryl/α,β-unsaturated/α-hetero) is 1. The van der Waals surface area contributed by atoms with Crippen LogP contribution in [0.15, 0.2) is 0 Å². The molecule has 0 saturated heterocycles. The Bertz CT molecular complexity index is 249. The highest BCUT2D eigenvalue weighted by Gasteiger charge is 2.38. The number of aliphatic hydroxyl groups is 1. The summed E-state index contributed by atoms with van der Waals surface area (Å²) in [4.78, 5) is 12.0. The summed E-state index contributed by atoms with van der Waals surface area (Å²) >= 11 is 0. The van der Waals surface area contributed by atoms with E-state index in [0.717, 1.165) is 44.4 Å². The topological polar surface area (TPSA) is 37.3 Å². The predicted molar refractivity (Wildman–Crippen MR) is 64.1 cm³/mol. The van der Waals surface area contributed by atoms with Crippen molar-refractivity contribution in [1.29, 1.82) is 0 Å². The maximum atomic E-state index is 12.0. The first kappa shape index (κ1) is 12.1. The van der Waals surface area contributed by atoms with Gasteiger partial charge in [0.1, 0.15) is 5.78 Å². The standard InChI is InChI=1S/C14H24O2/c1-2-10-7-8-14(16)12(9-10)11-5-3-4-6-13(11)15/h10-13,15H,2-9H2,1H3. The Morgan fingerprint density at radius 1 is 1.25 bits per heavy atom. The number of hydrogen-bond acceptors (Lipinski definition) is 2. The van der Waals surface area contributed by atoms with Crippen LogP contribution in [0.1, 0.15) is 58.3 Å². The molecule has 0 heterocycles. The average molecular weight is 224 g/mol. The van der Waals surface area contributed by atoms with E-state index in [2.05, 4.69) is 6.92 Å². The van der Waals surface area contributed by atoms with Gasteiger partial charge in [0.25, 0.3) is 0 Å². The summed E-state index contributed by atoms with van der Waals surface area (Å²) in [7, 11) is 0. The molecular formula is C14H24O2. The molecule has 4 atom stereocenters. The maximum absolute atomic E-state index is 12.0. The molecule has 0 amide bonds. The van der Waals surface area contributed by atoms with Crippen LogP contribution in [0.3, 0.4) is 0 Å². The first-order valence-electron chi connectivity index (χ1n) is 6.93. The van der Waals surface area contributed by atoms with Gasteiger partial charge in [-0.2, -0.15) is 0 Å². The number of rotatable bonds is 2. The average Bonchev–Trinajstić information content (AvgIpc) is 2.31. The Morgan fingerprint density at radius 3 is 2.69 bits per heavy atom. The normalized spacial score (nSPS) is 41.0. The molecule has 1 N–H and O–H groups in total. The van der Waals surface area contributed by atoms with E-state index in [1.54, 1.807) is 0 Å². The first-order chi connectivity index (χ1) is 7.72. The van der Waals surface area contributed by atoms with E-state index in [9.17, 15) is 9.90 Å². The Balaban J connectivity index is 2.02. The molecule has 92 valence electrons. The summed E-state index contributed by atoms with van der Waals surface area (Å²) in [6.45, 7) is 2.22. The van der Waals surface area contributed by atoms with Gasteiger partial charge < -0.3 is 5.11 Å². The van der Waals surface area contributed by atoms with Crippen molar-refractivity contribution in [1.82, 2.24) is 0 Å². The molecule has 0 spiro atoms. The van der Waals surface area contributed by atoms with Gasteiger partial charge in [0.2, 0.25) is 0 Å². The zero-order valence-electron chi connectivity index (χ0n) is 10.3. The highest BCUT2D eigenvalue weighted by Crippen LogP contribution is 2.39. The Morgan fingerprint density at radius 2 is 2.00 bits per heavy atom. The van der Waals surface area contributed by atoms with Gasteiger partial charge >= 0.3 is 0 Å². The molecule has 0 aromatic carbocycles. The van der Waals surface area contributed by atoms with Gasteiger partial charge in [0, 0.05) is 12.3 Å². The molecule has 0 aromatic rings. The fraction of sp³-hybridized carbons (Fsp3) is 0.929. The molecule has 0 aromatic heterocycles. The largest absolute Gasteiger partial charge is 0.393 e. The smallest absolute Gasteiger partial charge is 0.136 e. The van der Waals surface area contributed by atoms with Crippen molar-refractivity contribution in [3.05, 3.63) is 0 Å². The maximum Gasteiger partial charge on any atom is 0.136 e. The van der Waals surface area contributed by atoms with Crippen molar-refractivity contribution in [2.45, 2.75) is 64.4 Å². The van der Waals surface area contributed by atoms with Crippen LogP contribution in [0.2, 0.25) is 0 Å². The zero-order valence-corrected chi connectivity index (χ0v) is 10.3. The molecular weight excluding hydrogens is 200 g/mol. The predicted octanol–water partition coefficient (Wildman–Crippen LogP) is 2.93. The molecule has 16 heavy (non-hydrogen) atoms. The summed E-state index contributed by atoms with van der Waals surface area (Å²) in [5.74, 6) is 1.59. The number of carbonyl (C=O) groups excluding carboxylic acids is 1. The lowest BCUT2D eigenvalue weighted by Gasteiger charge is -2.37. The van der Waals surface area contributed by atoms with Crippen LogP contribution in [0, 0.1) is 17.8 Å². The molecule has 2 nitrogen and oxygen atoms in total. The van der Waals surface area contributed by atoms with Gasteiger partial charge in [0.05, 0.1) is 6.10 Å². The second-order valence-electron chi connectivity index (χ2n) is 5.64. The third-order valence-corrected chi connectivity index (χ3v) is 4.68. The molecule has 2 aliphatic rings. The van der Waals surface area contributed by atoms with E-state index in [4.69, 9.17) is 0 Å². The van der Waals surface area contributed by atoms with Crippen LogP contribution in [0.25, 0.3) is 0 Å². The van der Waals surface area contributed by atoms with Gasteiger partial charge in [0.15, 0.2) is 0 Å². The fourth-order valence-corrected chi connectivity index (χ4v) is 3.53. The second kappa shape index (κ2) is 5.31. The number of hydrogen-bond donors (Lipinski definition) is 1. The van der Waals surface area contributed by atoms with E-state index in [1.807, 2.05) is 0 Å². The molecule has 2 aliphatic carbocycles. The summed E-state index contributed by atoms with van der Waals surface area (Å²) in [6, 6.07) is 0. The van der Waals surface area contributed by atoms with Crippen LogP contribution in [0.4, 0.5) is 0 Å². The summed E-state index contributed by atoms with van der Waals surface area (Å²) in [5, 5.41) is 10.0. The van der Waals surface area contributed by atoms with E-state index < -0.39 is 0 Å². The SMILES string of the molecule is CCC1CCC(=O)C(C2CCCCC2O)C1. The third-order valence-electron chi connectivity index (χ3n) is 4.68. The molecule has 0 radical (unpaired) electrons. The van der Waals surface area contributed by atoms with Crippen molar-refractivity contribution in [2.24, 2.45) is 17.8 Å². The van der Waals surface area contributed by atoms with Crippen molar-refractivity contribution >= 4 is 5.78 Å². The van der Waals surface area contributed by atoms with Gasteiger partial charge in [-0.3, -0.25) is 4.79 Å². The Kier molecular flexibility index (Phi) is 4.01. The van der Waals surface area contributed by atoms with E-state index in [0.29, 0.717) is 5.78 Å². The van der Waals surface area contributed by atoms with Gasteiger partial charge in [-0.15, -0.1) is 0 Å². The van der Waals surface area contributed by atoms with Gasteiger partial charge in [-0.1, -0.05) is 26.2 Å². The second-order valence-corrected chi connectivity index (χ2v) is 5.64. The molecule has 2 heteroatoms. The van der Waals surface area contributed by atoms with Gasteiger partial charge in [-0.25, -0.2) is 0 Å². The minimum absolute atomic E-state index is 0.175. The summed E-state index contributed by atoms with van der Waals surface area (Å²) in [6.07, 6.45) is 8.15. The lowest BCUT2D eigenvalue weighted by molar-refractivity contribution is -0.130. The quantitative estimate of drug-likeness (QED) is 0.783. The Labute approximate surface area is 98.4 Å². The summed E-state index contributed by atoms with van der Waals surface area (Å²) in [5.41, 5.74) is 0. The van der Waals surface area contributed by atoms with Crippen molar-refractivity contribution in [3.8, 4) is 0 Å². The lowest BCUT2D eigenvalue weighted by Crippen LogP contribution is -2.38. The van der Waals surface area contributed by atoms with E-state index in [1.165, 1.54) is 12.8 Å². The van der Waals surface area contributed by atoms with Crippen LogP contribution in [-0.2, 0) is 4.79 Å². The van der Waals surface area contributed by atoms with Crippen molar-refractivity contribution < 1.29 is 9.90 Å². The van der Waals surface area contributed by atoms with Crippen LogP contribution in [-0.4, -0.2) is 17.0 Å². The minimum Gasteiger partial charge on any atom is -0.393 e. The van der Waals surface area contributed by atoms with Gasteiger partial charge in [-0.05, 0) is 37.5 Å². The number of aliphatic hydroxyl groups excluding tert-OH is 1. The minimum atomic E-state index is -0.210. The molecule has 2 rings (SSSR count). The molecule has 2 saturated carbocycles. The molecule has 4 unspecified atom stereocenters. The summed E-state index contributed by atoms with van der Waals surface area (Å²) < 4.78 is 0. The van der Waals surface area contributed by atoms with Crippen LogP contribution < -0.4 is 0 Å². The highest BCUT2D eigenvalue weighted by atomic mass is 16.3. The Hall–Kier alpha value is -0.370. The van der Waals surface area contributed by atoms with E-state index >= 15 is 0 Å². The third kappa shape index (κ3) is 2.48. The van der Waals surface area contributed by atoms with Crippen LogP contribution in [0.5, 0.6) is 0 Å². The lowest BCUT2D eigenvalue weighted by atomic mass is 9.68. The molecule has 0 aliphatic heterocycles. The van der Waals surface area contributed by atoms with Crippen molar-refractivity contribution in [2.75, 3.05) is 0 Å². The molecule has 2 fully saturated rings. The highest BCUT2D eigenvalue weighted by molar-refractivity contribution is 5.82. The van der Waals surface area contributed by atoms with Crippen LogP contribution >= 0.6 is 0 Å². The molecule has 0 bridgehead atoms. The zero-order chi connectivity index (χ0) is 11.5. The van der Waals surface area contributed by atoms with E-state index in [-0.39, 0.29) is 17.9 Å². The fourth-order valence-electron chi connectivity index (χ4n) is 3.53. The monoisotopic (exact) mass is 224 g/mol. The number of ketones is 1. The first-order valence-corrected chi connectivity index (χ1v) is 6.93. The van der Waals surface area contributed by atoms with Crippen molar-refractivity contribution in [3.63, 3.8) is 0 Å².